The van der Waals surface area contributed by atoms with Gasteiger partial charge in [0.05, 0.1) is 13.2 Å². The van der Waals surface area contributed by atoms with Crippen LogP contribution in [0.5, 0.6) is 0 Å². The Morgan fingerprint density at radius 2 is 2.53 bits per heavy atom. The van der Waals surface area contributed by atoms with Crippen LogP contribution < -0.4 is 10.6 Å². The van der Waals surface area contributed by atoms with E-state index in [1.54, 1.807) is 5.57 Å². The van der Waals surface area contributed by atoms with Crippen LogP contribution >= 0.6 is 0 Å². The third-order valence-corrected chi connectivity index (χ3v) is 3.71. The summed E-state index contributed by atoms with van der Waals surface area (Å²) in [4.78, 5) is 0. The third-order valence-electron chi connectivity index (χ3n) is 3.71. The molecular formula is C14H26N2O. The van der Waals surface area contributed by atoms with E-state index in [-0.39, 0.29) is 0 Å². The monoisotopic (exact) mass is 238 g/mol. The van der Waals surface area contributed by atoms with E-state index in [9.17, 15) is 0 Å². The standard InChI is InChI=1S/C14H26N2O/c1-12(10-14-11-17-9-8-16-14)15-7-6-13-4-2-3-5-13/h4,12,14-16H,2-3,5-11H2,1H3. The summed E-state index contributed by atoms with van der Waals surface area (Å²) in [5.74, 6) is 0. The minimum atomic E-state index is 0.539. The lowest BCUT2D eigenvalue weighted by Crippen LogP contribution is -2.45. The number of nitrogens with one attached hydrogen (secondary N) is 2. The molecule has 1 aliphatic heterocycles. The molecule has 0 aromatic heterocycles. The van der Waals surface area contributed by atoms with Crippen molar-refractivity contribution < 1.29 is 4.74 Å². The van der Waals surface area contributed by atoms with Crippen molar-refractivity contribution in [1.29, 1.82) is 0 Å². The van der Waals surface area contributed by atoms with Crippen LogP contribution in [-0.4, -0.2) is 38.4 Å². The van der Waals surface area contributed by atoms with E-state index < -0.39 is 0 Å². The molecule has 2 aliphatic rings. The largest absolute Gasteiger partial charge is 0.379 e. The van der Waals surface area contributed by atoms with Crippen LogP contribution in [0.3, 0.4) is 0 Å². The van der Waals surface area contributed by atoms with Crippen molar-refractivity contribution in [2.24, 2.45) is 0 Å². The minimum Gasteiger partial charge on any atom is -0.379 e. The molecule has 1 aliphatic carbocycles. The maximum absolute atomic E-state index is 5.47. The molecule has 0 spiro atoms. The number of hydrogen-bond acceptors (Lipinski definition) is 3. The predicted octanol–water partition coefficient (Wildman–Crippen LogP) is 1.84. The van der Waals surface area contributed by atoms with Gasteiger partial charge in [0.25, 0.3) is 0 Å². The van der Waals surface area contributed by atoms with Crippen LogP contribution in [0.15, 0.2) is 11.6 Å². The Bertz CT molecular complexity index is 247. The van der Waals surface area contributed by atoms with Gasteiger partial charge in [0.2, 0.25) is 0 Å². The van der Waals surface area contributed by atoms with Crippen molar-refractivity contribution in [1.82, 2.24) is 10.6 Å². The normalized spacial score (nSPS) is 26.9. The molecule has 0 aromatic carbocycles. The highest BCUT2D eigenvalue weighted by Gasteiger charge is 2.15. The third kappa shape index (κ3) is 4.78. The lowest BCUT2D eigenvalue weighted by Gasteiger charge is -2.26. The first-order valence-corrected chi connectivity index (χ1v) is 7.07. The van der Waals surface area contributed by atoms with Crippen molar-refractivity contribution in [3.05, 3.63) is 11.6 Å². The molecule has 1 saturated heterocycles. The lowest BCUT2D eigenvalue weighted by molar-refractivity contribution is 0.0713. The molecule has 3 nitrogen and oxygen atoms in total. The van der Waals surface area contributed by atoms with Crippen LogP contribution in [-0.2, 0) is 4.74 Å². The van der Waals surface area contributed by atoms with Gasteiger partial charge < -0.3 is 15.4 Å². The second-order valence-electron chi connectivity index (χ2n) is 5.32. The molecule has 3 heteroatoms. The molecule has 1 fully saturated rings. The van der Waals surface area contributed by atoms with Crippen LogP contribution in [0.4, 0.5) is 0 Å². The Morgan fingerprint density at radius 1 is 1.59 bits per heavy atom. The Balaban J connectivity index is 1.55. The molecule has 1 heterocycles. The molecule has 2 atom stereocenters. The van der Waals surface area contributed by atoms with Crippen molar-refractivity contribution in [3.63, 3.8) is 0 Å². The van der Waals surface area contributed by atoms with Gasteiger partial charge in [-0.05, 0) is 45.6 Å². The Hall–Kier alpha value is -0.380. The Morgan fingerprint density at radius 3 is 3.24 bits per heavy atom. The number of ether oxygens (including phenoxy) is 1. The molecule has 0 amide bonds. The van der Waals surface area contributed by atoms with Gasteiger partial charge in [-0.25, -0.2) is 0 Å². The van der Waals surface area contributed by atoms with Crippen molar-refractivity contribution in [3.8, 4) is 0 Å². The van der Waals surface area contributed by atoms with Crippen LogP contribution in [0.1, 0.15) is 39.0 Å². The maximum Gasteiger partial charge on any atom is 0.0620 e. The number of morpholine rings is 1. The van der Waals surface area contributed by atoms with Gasteiger partial charge in [0.15, 0.2) is 0 Å². The van der Waals surface area contributed by atoms with Crippen molar-refractivity contribution >= 4 is 0 Å². The summed E-state index contributed by atoms with van der Waals surface area (Å²) in [5, 5.41) is 7.13. The molecule has 2 unspecified atom stereocenters. The summed E-state index contributed by atoms with van der Waals surface area (Å²) in [6.07, 6.45) is 8.82. The van der Waals surface area contributed by atoms with Gasteiger partial charge in [0, 0.05) is 18.6 Å². The van der Waals surface area contributed by atoms with Gasteiger partial charge in [-0.3, -0.25) is 0 Å². The summed E-state index contributed by atoms with van der Waals surface area (Å²) in [6.45, 7) is 6.15. The maximum atomic E-state index is 5.47. The quantitative estimate of drug-likeness (QED) is 0.693. The highest BCUT2D eigenvalue weighted by atomic mass is 16.5. The van der Waals surface area contributed by atoms with E-state index in [2.05, 4.69) is 23.6 Å². The summed E-state index contributed by atoms with van der Waals surface area (Å²) < 4.78 is 5.47. The Labute approximate surface area is 105 Å². The summed E-state index contributed by atoms with van der Waals surface area (Å²) in [5.41, 5.74) is 1.66. The van der Waals surface area contributed by atoms with Gasteiger partial charge >= 0.3 is 0 Å². The van der Waals surface area contributed by atoms with Crippen LogP contribution in [0.25, 0.3) is 0 Å². The van der Waals surface area contributed by atoms with E-state index in [1.807, 2.05) is 0 Å². The fourth-order valence-corrected chi connectivity index (χ4v) is 2.72. The van der Waals surface area contributed by atoms with E-state index in [0.717, 1.165) is 26.3 Å². The minimum absolute atomic E-state index is 0.539. The van der Waals surface area contributed by atoms with Crippen LogP contribution in [0, 0.1) is 0 Å². The number of allylic oxidation sites excluding steroid dienone is 1. The first-order chi connectivity index (χ1) is 8.34. The summed E-state index contributed by atoms with van der Waals surface area (Å²) in [6, 6.07) is 1.12. The summed E-state index contributed by atoms with van der Waals surface area (Å²) in [7, 11) is 0. The first-order valence-electron chi connectivity index (χ1n) is 7.07. The molecule has 2 rings (SSSR count). The molecule has 0 saturated carbocycles. The van der Waals surface area contributed by atoms with Gasteiger partial charge in [-0.1, -0.05) is 11.6 Å². The molecule has 2 N–H and O–H groups in total. The van der Waals surface area contributed by atoms with Gasteiger partial charge in [-0.15, -0.1) is 0 Å². The molecule has 98 valence electrons. The van der Waals surface area contributed by atoms with Gasteiger partial charge in [0.1, 0.15) is 0 Å². The average Bonchev–Trinajstić information content (AvgIpc) is 2.83. The van der Waals surface area contributed by atoms with Gasteiger partial charge in [-0.2, -0.15) is 0 Å². The van der Waals surface area contributed by atoms with Crippen molar-refractivity contribution in [2.45, 2.75) is 51.1 Å². The SMILES string of the molecule is CC(CC1COCCN1)NCCC1=CCCC1. The van der Waals surface area contributed by atoms with E-state index in [4.69, 9.17) is 4.74 Å². The molecule has 0 aromatic rings. The zero-order valence-corrected chi connectivity index (χ0v) is 11.0. The second kappa shape index (κ2) is 7.14. The predicted molar refractivity (Wildman–Crippen MR) is 71.2 cm³/mol. The highest BCUT2D eigenvalue weighted by Crippen LogP contribution is 2.19. The fraction of sp³-hybridized carbons (Fsp3) is 0.857. The lowest BCUT2D eigenvalue weighted by atomic mass is 10.1. The zero-order chi connectivity index (χ0) is 11.9. The fourth-order valence-electron chi connectivity index (χ4n) is 2.72. The van der Waals surface area contributed by atoms with E-state index in [1.165, 1.54) is 32.1 Å². The molecule has 0 bridgehead atoms. The summed E-state index contributed by atoms with van der Waals surface area (Å²) >= 11 is 0. The Kier molecular flexibility index (Phi) is 5.49. The molecule has 0 radical (unpaired) electrons. The molecule has 17 heavy (non-hydrogen) atoms. The average molecular weight is 238 g/mol. The number of rotatable bonds is 6. The smallest absolute Gasteiger partial charge is 0.0620 e. The second-order valence-corrected chi connectivity index (χ2v) is 5.32. The van der Waals surface area contributed by atoms with E-state index >= 15 is 0 Å². The highest BCUT2D eigenvalue weighted by molar-refractivity contribution is 5.07. The molecular weight excluding hydrogens is 212 g/mol. The van der Waals surface area contributed by atoms with Crippen LogP contribution in [0.2, 0.25) is 0 Å². The topological polar surface area (TPSA) is 33.3 Å². The van der Waals surface area contributed by atoms with Crippen molar-refractivity contribution in [2.75, 3.05) is 26.3 Å². The zero-order valence-electron chi connectivity index (χ0n) is 11.0. The first kappa shape index (κ1) is 13.1. The van der Waals surface area contributed by atoms with E-state index in [0.29, 0.717) is 12.1 Å². The number of hydrogen-bond donors (Lipinski definition) is 2.